The van der Waals surface area contributed by atoms with E-state index in [2.05, 4.69) is 55.6 Å². The molecule has 0 heterocycles. The highest BCUT2D eigenvalue weighted by Gasteiger charge is 2.24. The lowest BCUT2D eigenvalue weighted by Gasteiger charge is -2.30. The molecule has 0 aromatic carbocycles. The van der Waals surface area contributed by atoms with Gasteiger partial charge in [-0.1, -0.05) is 140 Å². The van der Waals surface area contributed by atoms with Gasteiger partial charge in [-0.05, 0) is 44.9 Å². The summed E-state index contributed by atoms with van der Waals surface area (Å²) in [5.74, 6) is -0.186. The molecule has 0 radical (unpaired) electrons. The van der Waals surface area contributed by atoms with Crippen LogP contribution >= 0.6 is 7.82 Å². The molecule has 282 valence electrons. The topological polar surface area (TPSA) is 108 Å². The molecule has 3 unspecified atom stereocenters. The summed E-state index contributed by atoms with van der Waals surface area (Å²) in [6.45, 7) is 4.56. The van der Waals surface area contributed by atoms with Crippen molar-refractivity contribution < 1.29 is 32.9 Å². The van der Waals surface area contributed by atoms with Gasteiger partial charge < -0.3 is 28.8 Å². The summed E-state index contributed by atoms with van der Waals surface area (Å²) in [5.41, 5.74) is 0. The molecule has 0 aromatic rings. The molecule has 0 aromatic heterocycles. The molecule has 3 atom stereocenters. The van der Waals surface area contributed by atoms with Crippen molar-refractivity contribution in [3.63, 3.8) is 0 Å². The highest BCUT2D eigenvalue weighted by Crippen LogP contribution is 2.38. The Kier molecular flexibility index (Phi) is 30.8. The van der Waals surface area contributed by atoms with Crippen LogP contribution in [0.1, 0.15) is 155 Å². The van der Waals surface area contributed by atoms with Gasteiger partial charge in [0.15, 0.2) is 0 Å². The standard InChI is InChI=1S/C39H75N2O6P/c1-6-8-10-12-14-16-18-19-20-21-23-25-27-29-31-33-39(43)40-37(36-47-48(44,45)46-35-34-41(3,4)5)38(42)32-30-28-26-24-22-17-15-13-11-9-7-2/h8,10,14,16,19-20,37-38,42H,6-7,9,11-13,15,17-18,21-36H2,1-5H3,(H-,40,43,44,45)/b10-8-,16-14-,20-19-. The fraction of sp³-hybridized carbons (Fsp3) is 0.821. The summed E-state index contributed by atoms with van der Waals surface area (Å²) in [7, 11) is 1.28. The van der Waals surface area contributed by atoms with Crippen LogP contribution < -0.4 is 10.2 Å². The lowest BCUT2D eigenvalue weighted by Crippen LogP contribution is -2.46. The third kappa shape index (κ3) is 33.2. The van der Waals surface area contributed by atoms with E-state index in [0.29, 0.717) is 23.9 Å². The zero-order valence-corrected chi connectivity index (χ0v) is 32.6. The highest BCUT2D eigenvalue weighted by molar-refractivity contribution is 7.45. The average Bonchev–Trinajstić information content (AvgIpc) is 3.02. The minimum atomic E-state index is -4.56. The molecule has 0 aliphatic carbocycles. The Hall–Kier alpha value is -1.28. The number of allylic oxidation sites excluding steroid dienone is 6. The van der Waals surface area contributed by atoms with Crippen molar-refractivity contribution in [1.29, 1.82) is 0 Å². The number of aliphatic hydroxyl groups excluding tert-OH is 1. The number of likely N-dealkylation sites (N-methyl/N-ethyl adjacent to an activating group) is 1. The Bertz CT molecular complexity index is 886. The minimum Gasteiger partial charge on any atom is -0.756 e. The molecule has 0 aliphatic heterocycles. The van der Waals surface area contributed by atoms with E-state index in [-0.39, 0.29) is 19.1 Å². The minimum absolute atomic E-state index is 0.00737. The predicted octanol–water partition coefficient (Wildman–Crippen LogP) is 9.33. The number of hydrogen-bond acceptors (Lipinski definition) is 6. The monoisotopic (exact) mass is 699 g/mol. The second-order valence-corrected chi connectivity index (χ2v) is 15.7. The number of nitrogens with zero attached hydrogens (tertiary/aromatic N) is 1. The Morgan fingerprint density at radius 1 is 0.750 bits per heavy atom. The molecule has 0 fully saturated rings. The first-order valence-electron chi connectivity index (χ1n) is 19.3. The summed E-state index contributed by atoms with van der Waals surface area (Å²) < 4.78 is 23.1. The van der Waals surface area contributed by atoms with E-state index in [1.807, 2.05) is 21.1 Å². The lowest BCUT2D eigenvalue weighted by molar-refractivity contribution is -0.870. The summed E-state index contributed by atoms with van der Waals surface area (Å²) >= 11 is 0. The first-order chi connectivity index (χ1) is 23.0. The van der Waals surface area contributed by atoms with Gasteiger partial charge in [0.1, 0.15) is 13.2 Å². The summed E-state index contributed by atoms with van der Waals surface area (Å²) in [6.07, 6.45) is 35.7. The quantitative estimate of drug-likeness (QED) is 0.0300. The predicted molar refractivity (Wildman–Crippen MR) is 201 cm³/mol. The summed E-state index contributed by atoms with van der Waals surface area (Å²) in [6, 6.07) is -0.806. The van der Waals surface area contributed by atoms with Crippen molar-refractivity contribution >= 4 is 13.7 Å². The molecule has 48 heavy (non-hydrogen) atoms. The molecule has 0 saturated carbocycles. The summed E-state index contributed by atoms with van der Waals surface area (Å²) in [5, 5.41) is 13.8. The normalized spacial score (nSPS) is 15.1. The van der Waals surface area contributed by atoms with Crippen molar-refractivity contribution in [3.8, 4) is 0 Å². The lowest BCUT2D eigenvalue weighted by atomic mass is 10.0. The van der Waals surface area contributed by atoms with Crippen LogP contribution in [0.5, 0.6) is 0 Å². The van der Waals surface area contributed by atoms with Crippen LogP contribution in [-0.2, 0) is 18.4 Å². The van der Waals surface area contributed by atoms with E-state index >= 15 is 0 Å². The molecule has 2 N–H and O–H groups in total. The number of phosphoric ester groups is 1. The molecule has 0 bridgehead atoms. The van der Waals surface area contributed by atoms with Gasteiger partial charge >= 0.3 is 0 Å². The SMILES string of the molecule is CC/C=C\C/C=C\C/C=C\CCCCCCCC(=O)NC(COP(=O)([O-])OCC[N+](C)(C)C)C(O)CCCCCCCCCCCCC. The summed E-state index contributed by atoms with van der Waals surface area (Å²) in [4.78, 5) is 25.2. The zero-order valence-electron chi connectivity index (χ0n) is 31.7. The van der Waals surface area contributed by atoms with Gasteiger partial charge in [-0.25, -0.2) is 0 Å². The number of quaternary nitrogens is 1. The molecule has 1 amide bonds. The molecule has 8 nitrogen and oxygen atoms in total. The van der Waals surface area contributed by atoms with E-state index in [1.54, 1.807) is 0 Å². The van der Waals surface area contributed by atoms with E-state index < -0.39 is 20.0 Å². The maximum atomic E-state index is 12.8. The maximum Gasteiger partial charge on any atom is 0.268 e. The number of hydrogen-bond donors (Lipinski definition) is 2. The second-order valence-electron chi connectivity index (χ2n) is 14.3. The van der Waals surface area contributed by atoms with Crippen LogP contribution in [0.15, 0.2) is 36.5 Å². The molecule has 0 aliphatic rings. The fourth-order valence-electron chi connectivity index (χ4n) is 5.29. The largest absolute Gasteiger partial charge is 0.756 e. The van der Waals surface area contributed by atoms with Crippen molar-refractivity contribution in [2.45, 2.75) is 167 Å². The molecule has 9 heteroatoms. The van der Waals surface area contributed by atoms with Crippen LogP contribution in [-0.4, -0.2) is 68.5 Å². The van der Waals surface area contributed by atoms with Crippen LogP contribution in [0.3, 0.4) is 0 Å². The number of carbonyl (C=O) groups is 1. The van der Waals surface area contributed by atoms with E-state index in [0.717, 1.165) is 77.0 Å². The average molecular weight is 699 g/mol. The first kappa shape index (κ1) is 46.7. The first-order valence-corrected chi connectivity index (χ1v) is 20.8. The third-order valence-corrected chi connectivity index (χ3v) is 9.36. The van der Waals surface area contributed by atoms with Crippen LogP contribution in [0.2, 0.25) is 0 Å². The molecular formula is C39H75N2O6P. The highest BCUT2D eigenvalue weighted by atomic mass is 31.2. The Balaban J connectivity index is 4.49. The number of rotatable bonds is 34. The Morgan fingerprint density at radius 2 is 1.27 bits per heavy atom. The van der Waals surface area contributed by atoms with Gasteiger partial charge in [-0.15, -0.1) is 0 Å². The van der Waals surface area contributed by atoms with Gasteiger partial charge in [-0.3, -0.25) is 9.36 Å². The van der Waals surface area contributed by atoms with Crippen LogP contribution in [0.4, 0.5) is 0 Å². The fourth-order valence-corrected chi connectivity index (χ4v) is 6.01. The number of phosphoric acid groups is 1. The van der Waals surface area contributed by atoms with Crippen LogP contribution in [0, 0.1) is 0 Å². The number of nitrogens with one attached hydrogen (secondary N) is 1. The number of amides is 1. The van der Waals surface area contributed by atoms with Crippen molar-refractivity contribution in [1.82, 2.24) is 5.32 Å². The number of unbranched alkanes of at least 4 members (excludes halogenated alkanes) is 15. The van der Waals surface area contributed by atoms with E-state index in [9.17, 15) is 19.4 Å². The van der Waals surface area contributed by atoms with E-state index in [4.69, 9.17) is 9.05 Å². The second kappa shape index (κ2) is 31.7. The Morgan fingerprint density at radius 3 is 1.85 bits per heavy atom. The smallest absolute Gasteiger partial charge is 0.268 e. The molecule has 0 saturated heterocycles. The van der Waals surface area contributed by atoms with Crippen molar-refractivity contribution in [2.75, 3.05) is 40.9 Å². The van der Waals surface area contributed by atoms with Crippen molar-refractivity contribution in [3.05, 3.63) is 36.5 Å². The number of aliphatic hydroxyl groups is 1. The van der Waals surface area contributed by atoms with Gasteiger partial charge in [0.25, 0.3) is 7.82 Å². The Labute approximate surface area is 296 Å². The third-order valence-electron chi connectivity index (χ3n) is 8.39. The number of carbonyl (C=O) groups excluding carboxylic acids is 1. The van der Waals surface area contributed by atoms with Crippen molar-refractivity contribution in [2.24, 2.45) is 0 Å². The molecular weight excluding hydrogens is 623 g/mol. The molecule has 0 rings (SSSR count). The maximum absolute atomic E-state index is 12.8. The van der Waals surface area contributed by atoms with Gasteiger partial charge in [-0.2, -0.15) is 0 Å². The van der Waals surface area contributed by atoms with Gasteiger partial charge in [0, 0.05) is 6.42 Å². The van der Waals surface area contributed by atoms with Gasteiger partial charge in [0.05, 0.1) is 39.9 Å². The van der Waals surface area contributed by atoms with E-state index in [1.165, 1.54) is 51.4 Å². The van der Waals surface area contributed by atoms with Crippen LogP contribution in [0.25, 0.3) is 0 Å². The zero-order chi connectivity index (χ0) is 35.8. The molecule has 0 spiro atoms. The van der Waals surface area contributed by atoms with Gasteiger partial charge in [0.2, 0.25) is 5.91 Å².